The molecule has 4 rings (SSSR count). The van der Waals surface area contributed by atoms with E-state index in [1.807, 2.05) is 13.8 Å². The van der Waals surface area contributed by atoms with Crippen LogP contribution >= 0.6 is 0 Å². The van der Waals surface area contributed by atoms with Gasteiger partial charge in [-0.3, -0.25) is 4.79 Å². The molecule has 7 nitrogen and oxygen atoms in total. The second-order valence-corrected chi connectivity index (χ2v) is 11.0. The molecule has 1 aliphatic heterocycles. The number of benzene rings is 2. The summed E-state index contributed by atoms with van der Waals surface area (Å²) in [6, 6.07) is 13.6. The van der Waals surface area contributed by atoms with Gasteiger partial charge in [0.1, 0.15) is 17.2 Å². The molecule has 2 aliphatic rings. The van der Waals surface area contributed by atoms with Crippen LogP contribution in [-0.4, -0.2) is 54.4 Å². The molecule has 2 aromatic carbocycles. The Kier molecular flexibility index (Phi) is 6.18. The number of carboxylic acids is 1. The summed E-state index contributed by atoms with van der Waals surface area (Å²) in [5.74, 6) is 0.526. The number of hydrogen-bond acceptors (Lipinski definition) is 6. The highest BCUT2D eigenvalue weighted by Crippen LogP contribution is 2.39. The molecule has 2 aromatic rings. The third-order valence-corrected chi connectivity index (χ3v) is 8.64. The van der Waals surface area contributed by atoms with E-state index in [1.54, 1.807) is 36.4 Å². The van der Waals surface area contributed by atoms with E-state index >= 15 is 0 Å². The normalized spacial score (nSPS) is 19.0. The monoisotopic (exact) mass is 459 g/mol. The first kappa shape index (κ1) is 22.6. The molecule has 0 atom stereocenters. The first-order valence-electron chi connectivity index (χ1n) is 11.0. The van der Waals surface area contributed by atoms with Crippen LogP contribution in [0.15, 0.2) is 53.4 Å². The van der Waals surface area contributed by atoms with Crippen LogP contribution < -0.4 is 9.47 Å². The standard InChI is InChI=1S/C24H29NO6S/c1-17(2)30-19-5-7-20(8-6-19)31-21-9-11-22(12-10-21)32(28,29)24(23(26)27)13-15-25(16-14-24)18-3-4-18/h5-12,17-18H,3-4,13-16H2,1-2H3,(H,26,27). The average molecular weight is 460 g/mol. The molecular formula is C24H29NO6S. The van der Waals surface area contributed by atoms with Gasteiger partial charge < -0.3 is 19.5 Å². The van der Waals surface area contributed by atoms with Gasteiger partial charge in [-0.05, 0) is 88.1 Å². The first-order valence-corrected chi connectivity index (χ1v) is 12.5. The lowest BCUT2D eigenvalue weighted by atomic mass is 9.95. The molecular weight excluding hydrogens is 430 g/mol. The van der Waals surface area contributed by atoms with Crippen molar-refractivity contribution in [2.75, 3.05) is 13.1 Å². The lowest BCUT2D eigenvalue weighted by Crippen LogP contribution is -2.54. The number of rotatable bonds is 8. The van der Waals surface area contributed by atoms with Crippen molar-refractivity contribution in [1.82, 2.24) is 4.90 Å². The van der Waals surface area contributed by atoms with E-state index in [0.717, 1.165) is 18.6 Å². The van der Waals surface area contributed by atoms with Crippen molar-refractivity contribution >= 4 is 15.8 Å². The van der Waals surface area contributed by atoms with Crippen molar-refractivity contribution < 1.29 is 27.8 Å². The summed E-state index contributed by atoms with van der Waals surface area (Å²) in [6.45, 7) is 4.89. The van der Waals surface area contributed by atoms with E-state index in [9.17, 15) is 18.3 Å². The predicted octanol–water partition coefficient (Wildman–Crippen LogP) is 4.12. The predicted molar refractivity (Wildman–Crippen MR) is 120 cm³/mol. The molecule has 1 N–H and O–H groups in total. The number of aliphatic carboxylic acids is 1. The Morgan fingerprint density at radius 3 is 1.94 bits per heavy atom. The Hall–Kier alpha value is -2.58. The molecule has 2 fully saturated rings. The van der Waals surface area contributed by atoms with Crippen LogP contribution in [0.2, 0.25) is 0 Å². The Labute approximate surface area is 188 Å². The molecule has 32 heavy (non-hydrogen) atoms. The van der Waals surface area contributed by atoms with E-state index < -0.39 is 20.6 Å². The number of hydrogen-bond donors (Lipinski definition) is 1. The zero-order chi connectivity index (χ0) is 22.9. The zero-order valence-corrected chi connectivity index (χ0v) is 19.2. The summed E-state index contributed by atoms with van der Waals surface area (Å²) in [5.41, 5.74) is 0. The fourth-order valence-corrected chi connectivity index (χ4v) is 6.09. The fourth-order valence-electron chi connectivity index (χ4n) is 4.19. The molecule has 0 spiro atoms. The Morgan fingerprint density at radius 1 is 0.969 bits per heavy atom. The minimum Gasteiger partial charge on any atom is -0.491 e. The second-order valence-electron chi connectivity index (χ2n) is 8.78. The molecule has 8 heteroatoms. The summed E-state index contributed by atoms with van der Waals surface area (Å²) in [6.07, 6.45) is 2.50. The van der Waals surface area contributed by atoms with Crippen LogP contribution in [0.1, 0.15) is 39.5 Å². The molecule has 172 valence electrons. The molecule has 0 radical (unpaired) electrons. The van der Waals surface area contributed by atoms with E-state index in [-0.39, 0.29) is 23.8 Å². The van der Waals surface area contributed by atoms with E-state index in [4.69, 9.17) is 9.47 Å². The largest absolute Gasteiger partial charge is 0.491 e. The van der Waals surface area contributed by atoms with Gasteiger partial charge in [0.15, 0.2) is 14.6 Å². The number of nitrogens with zero attached hydrogens (tertiary/aromatic N) is 1. The van der Waals surface area contributed by atoms with Crippen LogP contribution in [0.4, 0.5) is 0 Å². The maximum absolute atomic E-state index is 13.4. The fraction of sp³-hybridized carbons (Fsp3) is 0.458. The van der Waals surface area contributed by atoms with Crippen LogP contribution in [0.5, 0.6) is 17.2 Å². The molecule has 1 saturated carbocycles. The minimum absolute atomic E-state index is 0.00723. The Balaban J connectivity index is 1.48. The van der Waals surface area contributed by atoms with Gasteiger partial charge in [-0.25, -0.2) is 8.42 Å². The zero-order valence-electron chi connectivity index (χ0n) is 18.4. The van der Waals surface area contributed by atoms with Crippen LogP contribution in [0.25, 0.3) is 0 Å². The molecule has 1 heterocycles. The summed E-state index contributed by atoms with van der Waals surface area (Å²) in [5, 5.41) is 9.92. The summed E-state index contributed by atoms with van der Waals surface area (Å²) in [7, 11) is -4.06. The lowest BCUT2D eigenvalue weighted by Gasteiger charge is -2.38. The summed E-state index contributed by atoms with van der Waals surface area (Å²) in [4.78, 5) is 14.4. The number of sulfone groups is 1. The number of likely N-dealkylation sites (tertiary alicyclic amines) is 1. The first-order chi connectivity index (χ1) is 15.2. The van der Waals surface area contributed by atoms with Crippen molar-refractivity contribution in [2.45, 2.75) is 61.3 Å². The van der Waals surface area contributed by atoms with Crippen molar-refractivity contribution in [2.24, 2.45) is 0 Å². The second kappa shape index (κ2) is 8.75. The van der Waals surface area contributed by atoms with Gasteiger partial charge >= 0.3 is 5.97 Å². The maximum atomic E-state index is 13.4. The van der Waals surface area contributed by atoms with Crippen LogP contribution in [0, 0.1) is 0 Å². The highest BCUT2D eigenvalue weighted by molar-refractivity contribution is 7.93. The molecule has 1 aliphatic carbocycles. The number of ether oxygens (including phenoxy) is 2. The van der Waals surface area contributed by atoms with Crippen molar-refractivity contribution in [1.29, 1.82) is 0 Å². The van der Waals surface area contributed by atoms with Gasteiger partial charge in [0.2, 0.25) is 0 Å². The smallest absolute Gasteiger partial charge is 0.325 e. The number of piperidine rings is 1. The molecule has 0 unspecified atom stereocenters. The highest BCUT2D eigenvalue weighted by atomic mass is 32.2. The van der Waals surface area contributed by atoms with Gasteiger partial charge in [0.25, 0.3) is 0 Å². The van der Waals surface area contributed by atoms with E-state index in [0.29, 0.717) is 30.6 Å². The Bertz CT molecular complexity index is 1050. The van der Waals surface area contributed by atoms with Crippen molar-refractivity contribution in [3.8, 4) is 17.2 Å². The van der Waals surface area contributed by atoms with E-state index in [2.05, 4.69) is 4.90 Å². The van der Waals surface area contributed by atoms with E-state index in [1.165, 1.54) is 12.1 Å². The third-order valence-electron chi connectivity index (χ3n) is 6.14. The topological polar surface area (TPSA) is 93.1 Å². The van der Waals surface area contributed by atoms with Gasteiger partial charge in [0, 0.05) is 19.1 Å². The van der Waals surface area contributed by atoms with Gasteiger partial charge in [-0.1, -0.05) is 0 Å². The van der Waals surface area contributed by atoms with Gasteiger partial charge in [-0.15, -0.1) is 0 Å². The lowest BCUT2D eigenvalue weighted by molar-refractivity contribution is -0.141. The molecule has 0 bridgehead atoms. The van der Waals surface area contributed by atoms with Gasteiger partial charge in [0.05, 0.1) is 11.0 Å². The SMILES string of the molecule is CC(C)Oc1ccc(Oc2ccc(S(=O)(=O)C3(C(=O)O)CCN(C4CC4)CC3)cc2)cc1. The highest BCUT2D eigenvalue weighted by Gasteiger charge is 2.54. The third kappa shape index (κ3) is 4.47. The summed E-state index contributed by atoms with van der Waals surface area (Å²) < 4.78 is 36.4. The minimum atomic E-state index is -4.06. The number of carbonyl (C=O) groups is 1. The number of carboxylic acid groups (broad SMARTS) is 1. The van der Waals surface area contributed by atoms with Gasteiger partial charge in [-0.2, -0.15) is 0 Å². The molecule has 0 amide bonds. The average Bonchev–Trinajstić information content (AvgIpc) is 3.60. The van der Waals surface area contributed by atoms with Crippen LogP contribution in [0.3, 0.4) is 0 Å². The summed E-state index contributed by atoms with van der Waals surface area (Å²) >= 11 is 0. The quantitative estimate of drug-likeness (QED) is 0.635. The van der Waals surface area contributed by atoms with Crippen molar-refractivity contribution in [3.63, 3.8) is 0 Å². The van der Waals surface area contributed by atoms with Crippen molar-refractivity contribution in [3.05, 3.63) is 48.5 Å². The molecule has 0 aromatic heterocycles. The molecule has 1 saturated heterocycles. The Morgan fingerprint density at radius 2 is 1.47 bits per heavy atom. The van der Waals surface area contributed by atoms with Crippen LogP contribution in [-0.2, 0) is 14.6 Å². The maximum Gasteiger partial charge on any atom is 0.325 e.